The standard InChI is InChI=1S/C10H10F3NO2/c11-9(12,13)7-1-3-8(4-2-7)10(14)15-5-6-16-10/h1-4H,5-6,14H2. The summed E-state index contributed by atoms with van der Waals surface area (Å²) in [5.74, 6) is -1.41. The monoisotopic (exact) mass is 233 g/mol. The van der Waals surface area contributed by atoms with Crippen molar-refractivity contribution in [3.63, 3.8) is 0 Å². The van der Waals surface area contributed by atoms with E-state index in [0.717, 1.165) is 12.1 Å². The molecule has 0 bridgehead atoms. The van der Waals surface area contributed by atoms with Gasteiger partial charge in [-0.25, -0.2) is 0 Å². The van der Waals surface area contributed by atoms with Gasteiger partial charge in [-0.2, -0.15) is 13.2 Å². The smallest absolute Gasteiger partial charge is 0.331 e. The Morgan fingerprint density at radius 1 is 1.06 bits per heavy atom. The number of hydrogen-bond acceptors (Lipinski definition) is 3. The minimum absolute atomic E-state index is 0.331. The highest BCUT2D eigenvalue weighted by Crippen LogP contribution is 2.32. The Kier molecular flexibility index (Phi) is 2.65. The van der Waals surface area contributed by atoms with Crippen LogP contribution < -0.4 is 5.73 Å². The van der Waals surface area contributed by atoms with Crippen molar-refractivity contribution in [2.45, 2.75) is 12.1 Å². The predicted molar refractivity (Wildman–Crippen MR) is 49.2 cm³/mol. The van der Waals surface area contributed by atoms with Crippen LogP contribution in [0, 0.1) is 0 Å². The van der Waals surface area contributed by atoms with Crippen LogP contribution in [-0.4, -0.2) is 13.2 Å². The van der Waals surface area contributed by atoms with Gasteiger partial charge in [-0.1, -0.05) is 12.1 Å². The van der Waals surface area contributed by atoms with Gasteiger partial charge >= 0.3 is 6.18 Å². The van der Waals surface area contributed by atoms with Crippen molar-refractivity contribution in [3.05, 3.63) is 35.4 Å². The molecule has 2 N–H and O–H groups in total. The van der Waals surface area contributed by atoms with Crippen molar-refractivity contribution in [3.8, 4) is 0 Å². The molecule has 3 nitrogen and oxygen atoms in total. The lowest BCUT2D eigenvalue weighted by molar-refractivity contribution is -0.161. The van der Waals surface area contributed by atoms with Gasteiger partial charge in [0.05, 0.1) is 18.8 Å². The molecule has 0 aliphatic carbocycles. The maximum atomic E-state index is 12.3. The van der Waals surface area contributed by atoms with Crippen molar-refractivity contribution >= 4 is 0 Å². The molecule has 0 saturated carbocycles. The second-order valence-electron chi connectivity index (χ2n) is 3.44. The van der Waals surface area contributed by atoms with E-state index in [9.17, 15) is 13.2 Å². The SMILES string of the molecule is NC1(c2ccc(C(F)(F)F)cc2)OCCO1. The molecule has 6 heteroatoms. The molecule has 1 heterocycles. The molecule has 0 aromatic heterocycles. The summed E-state index contributed by atoms with van der Waals surface area (Å²) in [4.78, 5) is 0. The molecule has 2 rings (SSSR count). The molecule has 88 valence electrons. The van der Waals surface area contributed by atoms with E-state index < -0.39 is 17.7 Å². The minimum Gasteiger partial charge on any atom is -0.331 e. The lowest BCUT2D eigenvalue weighted by Crippen LogP contribution is -2.37. The second kappa shape index (κ2) is 3.73. The molecule has 0 spiro atoms. The zero-order valence-electron chi connectivity index (χ0n) is 8.25. The topological polar surface area (TPSA) is 44.5 Å². The highest BCUT2D eigenvalue weighted by atomic mass is 19.4. The van der Waals surface area contributed by atoms with Crippen LogP contribution in [0.1, 0.15) is 11.1 Å². The van der Waals surface area contributed by atoms with Crippen molar-refractivity contribution in [2.75, 3.05) is 13.2 Å². The average Bonchev–Trinajstić information content (AvgIpc) is 2.66. The number of nitrogens with two attached hydrogens (primary N) is 1. The van der Waals surface area contributed by atoms with Crippen LogP contribution in [0.4, 0.5) is 13.2 Å². The first kappa shape index (κ1) is 11.4. The average molecular weight is 233 g/mol. The van der Waals surface area contributed by atoms with Crippen LogP contribution in [0.2, 0.25) is 0 Å². The van der Waals surface area contributed by atoms with Crippen molar-refractivity contribution in [1.82, 2.24) is 0 Å². The first-order valence-electron chi connectivity index (χ1n) is 4.66. The number of hydrogen-bond donors (Lipinski definition) is 1. The van der Waals surface area contributed by atoms with Gasteiger partial charge in [-0.05, 0) is 12.1 Å². The largest absolute Gasteiger partial charge is 0.416 e. The fourth-order valence-electron chi connectivity index (χ4n) is 1.49. The summed E-state index contributed by atoms with van der Waals surface area (Å²) in [6.07, 6.45) is -4.35. The maximum absolute atomic E-state index is 12.3. The van der Waals surface area contributed by atoms with Crippen LogP contribution in [0.15, 0.2) is 24.3 Å². The Morgan fingerprint density at radius 3 is 2.00 bits per heavy atom. The van der Waals surface area contributed by atoms with Crippen LogP contribution in [0.3, 0.4) is 0 Å². The van der Waals surface area contributed by atoms with E-state index in [-0.39, 0.29) is 0 Å². The van der Waals surface area contributed by atoms with E-state index in [4.69, 9.17) is 15.2 Å². The molecular formula is C10H10F3NO2. The van der Waals surface area contributed by atoms with Gasteiger partial charge in [0, 0.05) is 5.56 Å². The van der Waals surface area contributed by atoms with E-state index >= 15 is 0 Å². The van der Waals surface area contributed by atoms with E-state index in [1.165, 1.54) is 12.1 Å². The van der Waals surface area contributed by atoms with E-state index in [1.54, 1.807) is 0 Å². The van der Waals surface area contributed by atoms with Crippen molar-refractivity contribution in [2.24, 2.45) is 5.73 Å². The summed E-state index contributed by atoms with van der Waals surface area (Å²) < 4.78 is 47.1. The summed E-state index contributed by atoms with van der Waals surface area (Å²) in [5.41, 5.74) is 5.36. The van der Waals surface area contributed by atoms with Gasteiger partial charge in [-0.3, -0.25) is 5.73 Å². The predicted octanol–water partition coefficient (Wildman–Crippen LogP) is 1.82. The highest BCUT2D eigenvalue weighted by molar-refractivity contribution is 5.27. The third-order valence-electron chi connectivity index (χ3n) is 2.33. The van der Waals surface area contributed by atoms with Crippen LogP contribution in [-0.2, 0) is 21.6 Å². The van der Waals surface area contributed by atoms with Gasteiger partial charge < -0.3 is 9.47 Å². The van der Waals surface area contributed by atoms with Crippen LogP contribution >= 0.6 is 0 Å². The summed E-state index contributed by atoms with van der Waals surface area (Å²) in [5, 5.41) is 0. The van der Waals surface area contributed by atoms with E-state index in [0.29, 0.717) is 18.8 Å². The first-order chi connectivity index (χ1) is 7.42. The molecule has 0 amide bonds. The Bertz CT molecular complexity index is 369. The quantitative estimate of drug-likeness (QED) is 0.804. The number of benzene rings is 1. The molecule has 1 aromatic carbocycles. The van der Waals surface area contributed by atoms with Crippen LogP contribution in [0.25, 0.3) is 0 Å². The normalized spacial score (nSPS) is 20.0. The van der Waals surface area contributed by atoms with E-state index in [1.807, 2.05) is 0 Å². The highest BCUT2D eigenvalue weighted by Gasteiger charge is 2.36. The van der Waals surface area contributed by atoms with Crippen molar-refractivity contribution in [1.29, 1.82) is 0 Å². The third kappa shape index (κ3) is 2.04. The Hall–Kier alpha value is -1.11. The molecular weight excluding hydrogens is 223 g/mol. The zero-order valence-corrected chi connectivity index (χ0v) is 8.25. The molecule has 0 atom stereocenters. The molecule has 1 fully saturated rings. The molecule has 1 saturated heterocycles. The Balaban J connectivity index is 2.26. The molecule has 1 aliphatic heterocycles. The number of halogens is 3. The van der Waals surface area contributed by atoms with Gasteiger partial charge in [0.25, 0.3) is 5.91 Å². The Labute approximate surface area is 89.9 Å². The molecule has 0 radical (unpaired) electrons. The fourth-order valence-corrected chi connectivity index (χ4v) is 1.49. The first-order valence-corrected chi connectivity index (χ1v) is 4.66. The number of rotatable bonds is 1. The maximum Gasteiger partial charge on any atom is 0.416 e. The fraction of sp³-hybridized carbons (Fsp3) is 0.400. The van der Waals surface area contributed by atoms with Gasteiger partial charge in [0.15, 0.2) is 0 Å². The van der Waals surface area contributed by atoms with E-state index in [2.05, 4.69) is 0 Å². The molecule has 0 unspecified atom stereocenters. The molecule has 1 aliphatic rings. The van der Waals surface area contributed by atoms with Gasteiger partial charge in [0.1, 0.15) is 0 Å². The minimum atomic E-state index is -4.35. The van der Waals surface area contributed by atoms with Crippen LogP contribution in [0.5, 0.6) is 0 Å². The van der Waals surface area contributed by atoms with Gasteiger partial charge in [0.2, 0.25) is 0 Å². The summed E-state index contributed by atoms with van der Waals surface area (Å²) >= 11 is 0. The number of ether oxygens (including phenoxy) is 2. The number of alkyl halides is 3. The summed E-state index contributed by atoms with van der Waals surface area (Å²) in [6.45, 7) is 0.662. The Morgan fingerprint density at radius 2 is 1.56 bits per heavy atom. The van der Waals surface area contributed by atoms with Gasteiger partial charge in [-0.15, -0.1) is 0 Å². The summed E-state index contributed by atoms with van der Waals surface area (Å²) in [6, 6.07) is 4.42. The second-order valence-corrected chi connectivity index (χ2v) is 3.44. The molecule has 16 heavy (non-hydrogen) atoms. The molecule has 1 aromatic rings. The lowest BCUT2D eigenvalue weighted by Gasteiger charge is -2.22. The van der Waals surface area contributed by atoms with Crippen molar-refractivity contribution < 1.29 is 22.6 Å². The third-order valence-corrected chi connectivity index (χ3v) is 2.33. The summed E-state index contributed by atoms with van der Waals surface area (Å²) in [7, 11) is 0. The lowest BCUT2D eigenvalue weighted by atomic mass is 10.1. The zero-order chi connectivity index (χ0) is 11.8.